The first-order chi connectivity index (χ1) is 7.04. The Labute approximate surface area is 89.0 Å². The number of likely N-dealkylation sites (N-methyl/N-ethyl adjacent to an activating group) is 1. The van der Waals surface area contributed by atoms with Gasteiger partial charge < -0.3 is 14.7 Å². The molecule has 1 aliphatic heterocycles. The third-order valence-corrected chi connectivity index (χ3v) is 2.81. The predicted octanol–water partition coefficient (Wildman–Crippen LogP) is 0.344. The maximum absolute atomic E-state index is 11.2. The first-order valence-electron chi connectivity index (χ1n) is 5.08. The van der Waals surface area contributed by atoms with Crippen molar-refractivity contribution in [2.75, 3.05) is 20.3 Å². The van der Waals surface area contributed by atoms with Crippen molar-refractivity contribution in [3.8, 4) is 0 Å². The molecule has 5 heteroatoms. The maximum atomic E-state index is 11.2. The molecule has 0 bridgehead atoms. The molecule has 86 valence electrons. The Bertz CT molecular complexity index is 248. The Morgan fingerprint density at radius 1 is 1.53 bits per heavy atom. The van der Waals surface area contributed by atoms with Crippen molar-refractivity contribution in [2.45, 2.75) is 25.8 Å². The van der Waals surface area contributed by atoms with E-state index >= 15 is 0 Å². The van der Waals surface area contributed by atoms with Gasteiger partial charge in [0.05, 0.1) is 6.61 Å². The van der Waals surface area contributed by atoms with Gasteiger partial charge in [-0.15, -0.1) is 0 Å². The lowest BCUT2D eigenvalue weighted by Gasteiger charge is -2.33. The molecule has 2 atom stereocenters. The molecule has 1 aliphatic rings. The molecule has 0 saturated carbocycles. The molecule has 0 aromatic heterocycles. The minimum Gasteiger partial charge on any atom is -0.480 e. The van der Waals surface area contributed by atoms with Crippen LogP contribution < -0.4 is 0 Å². The van der Waals surface area contributed by atoms with Crippen LogP contribution in [0.4, 0.5) is 0 Å². The SMILES string of the molecule is CC(=O)N(C)C(C(=O)O)C1CCCOC1. The van der Waals surface area contributed by atoms with Gasteiger partial charge >= 0.3 is 5.97 Å². The van der Waals surface area contributed by atoms with Crippen LogP contribution in [0.25, 0.3) is 0 Å². The lowest BCUT2D eigenvalue weighted by Crippen LogP contribution is -2.48. The van der Waals surface area contributed by atoms with Crippen molar-refractivity contribution in [1.29, 1.82) is 0 Å². The van der Waals surface area contributed by atoms with Crippen LogP contribution in [0, 0.1) is 5.92 Å². The van der Waals surface area contributed by atoms with Gasteiger partial charge in [-0.3, -0.25) is 4.79 Å². The molecule has 1 heterocycles. The Morgan fingerprint density at radius 2 is 2.20 bits per heavy atom. The molecule has 0 aliphatic carbocycles. The molecule has 0 aromatic rings. The number of hydrogen-bond donors (Lipinski definition) is 1. The van der Waals surface area contributed by atoms with Crippen molar-refractivity contribution in [2.24, 2.45) is 5.92 Å². The second-order valence-corrected chi connectivity index (χ2v) is 3.89. The van der Waals surface area contributed by atoms with E-state index in [1.165, 1.54) is 18.9 Å². The predicted molar refractivity (Wildman–Crippen MR) is 53.4 cm³/mol. The number of carbonyl (C=O) groups is 2. The molecular weight excluding hydrogens is 198 g/mol. The fourth-order valence-corrected chi connectivity index (χ4v) is 1.89. The molecule has 2 unspecified atom stereocenters. The fraction of sp³-hybridized carbons (Fsp3) is 0.800. The average molecular weight is 215 g/mol. The second kappa shape index (κ2) is 5.11. The zero-order valence-electron chi connectivity index (χ0n) is 9.10. The largest absolute Gasteiger partial charge is 0.480 e. The number of amides is 1. The van der Waals surface area contributed by atoms with Gasteiger partial charge in [-0.1, -0.05) is 0 Å². The number of carbonyl (C=O) groups excluding carboxylic acids is 1. The van der Waals surface area contributed by atoms with E-state index in [4.69, 9.17) is 9.84 Å². The second-order valence-electron chi connectivity index (χ2n) is 3.89. The minimum atomic E-state index is -0.955. The van der Waals surface area contributed by atoms with E-state index in [0.717, 1.165) is 12.8 Å². The molecule has 1 fully saturated rings. The van der Waals surface area contributed by atoms with Gasteiger partial charge in [-0.25, -0.2) is 4.79 Å². The zero-order chi connectivity index (χ0) is 11.4. The topological polar surface area (TPSA) is 66.8 Å². The first-order valence-corrected chi connectivity index (χ1v) is 5.08. The Balaban J connectivity index is 2.71. The van der Waals surface area contributed by atoms with Crippen molar-refractivity contribution >= 4 is 11.9 Å². The third kappa shape index (κ3) is 2.92. The van der Waals surface area contributed by atoms with Crippen molar-refractivity contribution in [3.63, 3.8) is 0 Å². The van der Waals surface area contributed by atoms with Gasteiger partial charge in [-0.2, -0.15) is 0 Å². The Morgan fingerprint density at radius 3 is 2.60 bits per heavy atom. The summed E-state index contributed by atoms with van der Waals surface area (Å²) in [6.07, 6.45) is 1.66. The van der Waals surface area contributed by atoms with Crippen LogP contribution >= 0.6 is 0 Å². The number of aliphatic carboxylic acids is 1. The lowest BCUT2D eigenvalue weighted by atomic mass is 9.93. The Kier molecular flexibility index (Phi) is 4.08. The quantitative estimate of drug-likeness (QED) is 0.737. The van der Waals surface area contributed by atoms with Crippen molar-refractivity contribution in [1.82, 2.24) is 4.90 Å². The molecule has 0 spiro atoms. The monoisotopic (exact) mass is 215 g/mol. The molecule has 1 saturated heterocycles. The molecule has 15 heavy (non-hydrogen) atoms. The Hall–Kier alpha value is -1.10. The normalized spacial score (nSPS) is 23.2. The van der Waals surface area contributed by atoms with Crippen LogP contribution in [0.2, 0.25) is 0 Å². The van der Waals surface area contributed by atoms with E-state index in [-0.39, 0.29) is 11.8 Å². The molecule has 1 N–H and O–H groups in total. The molecule has 0 radical (unpaired) electrons. The van der Waals surface area contributed by atoms with Crippen LogP contribution in [-0.2, 0) is 14.3 Å². The molecule has 0 aromatic carbocycles. The highest BCUT2D eigenvalue weighted by Crippen LogP contribution is 2.21. The van der Waals surface area contributed by atoms with Gasteiger partial charge in [0.1, 0.15) is 6.04 Å². The smallest absolute Gasteiger partial charge is 0.326 e. The van der Waals surface area contributed by atoms with Crippen LogP contribution in [0.5, 0.6) is 0 Å². The van der Waals surface area contributed by atoms with Gasteiger partial charge in [-0.05, 0) is 12.8 Å². The van der Waals surface area contributed by atoms with Crippen LogP contribution in [-0.4, -0.2) is 48.2 Å². The van der Waals surface area contributed by atoms with E-state index in [0.29, 0.717) is 13.2 Å². The zero-order valence-corrected chi connectivity index (χ0v) is 9.10. The van der Waals surface area contributed by atoms with Gasteiger partial charge in [0.2, 0.25) is 5.91 Å². The van der Waals surface area contributed by atoms with E-state index < -0.39 is 12.0 Å². The van der Waals surface area contributed by atoms with Crippen LogP contribution in [0.15, 0.2) is 0 Å². The number of carboxylic acids is 1. The summed E-state index contributed by atoms with van der Waals surface area (Å²) < 4.78 is 5.24. The molecule has 1 amide bonds. The van der Waals surface area contributed by atoms with Crippen molar-refractivity contribution in [3.05, 3.63) is 0 Å². The highest BCUT2D eigenvalue weighted by molar-refractivity contribution is 5.82. The molecule has 1 rings (SSSR count). The first kappa shape index (κ1) is 12.0. The summed E-state index contributed by atoms with van der Waals surface area (Å²) in [5.41, 5.74) is 0. The van der Waals surface area contributed by atoms with Gasteiger partial charge in [0, 0.05) is 26.5 Å². The number of ether oxygens (including phenoxy) is 1. The fourth-order valence-electron chi connectivity index (χ4n) is 1.89. The summed E-state index contributed by atoms with van der Waals surface area (Å²) in [6.45, 7) is 2.49. The lowest BCUT2D eigenvalue weighted by molar-refractivity contribution is -0.153. The molecule has 5 nitrogen and oxygen atoms in total. The summed E-state index contributed by atoms with van der Waals surface area (Å²) in [5.74, 6) is -1.28. The maximum Gasteiger partial charge on any atom is 0.326 e. The molecular formula is C10H17NO4. The number of nitrogens with zero attached hydrogens (tertiary/aromatic N) is 1. The number of hydrogen-bond acceptors (Lipinski definition) is 3. The standard InChI is InChI=1S/C10H17NO4/c1-7(12)11(2)9(10(13)14)8-4-3-5-15-6-8/h8-9H,3-6H2,1-2H3,(H,13,14). The summed E-state index contributed by atoms with van der Waals surface area (Å²) >= 11 is 0. The van der Waals surface area contributed by atoms with E-state index in [9.17, 15) is 9.59 Å². The van der Waals surface area contributed by atoms with Gasteiger partial charge in [0.25, 0.3) is 0 Å². The van der Waals surface area contributed by atoms with Crippen LogP contribution in [0.1, 0.15) is 19.8 Å². The highest BCUT2D eigenvalue weighted by Gasteiger charge is 2.34. The summed E-state index contributed by atoms with van der Waals surface area (Å²) in [6, 6.07) is -0.761. The summed E-state index contributed by atoms with van der Waals surface area (Å²) in [4.78, 5) is 23.5. The highest BCUT2D eigenvalue weighted by atomic mass is 16.5. The van der Waals surface area contributed by atoms with E-state index in [2.05, 4.69) is 0 Å². The average Bonchev–Trinajstić information content (AvgIpc) is 2.18. The van der Waals surface area contributed by atoms with Gasteiger partial charge in [0.15, 0.2) is 0 Å². The summed E-state index contributed by atoms with van der Waals surface area (Å²) in [7, 11) is 1.52. The summed E-state index contributed by atoms with van der Waals surface area (Å²) in [5, 5.41) is 9.10. The minimum absolute atomic E-state index is 0.0925. The van der Waals surface area contributed by atoms with E-state index in [1.54, 1.807) is 0 Å². The number of carboxylic acid groups (broad SMARTS) is 1. The third-order valence-electron chi connectivity index (χ3n) is 2.81. The van der Waals surface area contributed by atoms with E-state index in [1.807, 2.05) is 0 Å². The van der Waals surface area contributed by atoms with Crippen molar-refractivity contribution < 1.29 is 19.4 Å². The number of rotatable bonds is 3. The van der Waals surface area contributed by atoms with Crippen LogP contribution in [0.3, 0.4) is 0 Å².